The van der Waals surface area contributed by atoms with E-state index >= 15 is 0 Å². The summed E-state index contributed by atoms with van der Waals surface area (Å²) in [6.45, 7) is 3.10. The summed E-state index contributed by atoms with van der Waals surface area (Å²) in [6, 6.07) is 11.7. The number of carbonyl (C=O) groups excluding carboxylic acids is 2. The van der Waals surface area contributed by atoms with Gasteiger partial charge in [-0.1, -0.05) is 23.2 Å². The van der Waals surface area contributed by atoms with Crippen molar-refractivity contribution < 1.29 is 19.5 Å². The standard InChI is InChI=1S/C20H18Cl2N2O4S/c1-11(20(27)28)9-18(25)23-14-4-6-15(7-5-14)29-12(2)19(26)24-17-10-13(21)3-8-16(17)22/h3-10,12H,1-2H3,(H,23,25)(H,24,26)(H,27,28)/b11-9-/t12-/m1/s1. The summed E-state index contributed by atoms with van der Waals surface area (Å²) in [5.41, 5.74) is 0.894. The molecule has 0 aliphatic rings. The fraction of sp³-hybridized carbons (Fsp3) is 0.150. The van der Waals surface area contributed by atoms with Crippen molar-refractivity contribution in [3.05, 3.63) is 64.2 Å². The summed E-state index contributed by atoms with van der Waals surface area (Å²) < 4.78 is 0. The molecule has 152 valence electrons. The molecular weight excluding hydrogens is 435 g/mol. The number of halogens is 2. The third-order valence-electron chi connectivity index (χ3n) is 3.68. The molecule has 0 unspecified atom stereocenters. The van der Waals surface area contributed by atoms with Crippen LogP contribution in [0.1, 0.15) is 13.8 Å². The first kappa shape index (κ1) is 22.8. The molecule has 2 aromatic rings. The van der Waals surface area contributed by atoms with Crippen molar-refractivity contribution in [3.63, 3.8) is 0 Å². The van der Waals surface area contributed by atoms with Gasteiger partial charge >= 0.3 is 5.97 Å². The average molecular weight is 453 g/mol. The fourth-order valence-electron chi connectivity index (χ4n) is 2.14. The Balaban J connectivity index is 1.95. The Hall–Kier alpha value is -2.48. The average Bonchev–Trinajstić information content (AvgIpc) is 2.66. The van der Waals surface area contributed by atoms with Gasteiger partial charge in [-0.3, -0.25) is 9.59 Å². The van der Waals surface area contributed by atoms with Gasteiger partial charge < -0.3 is 15.7 Å². The summed E-state index contributed by atoms with van der Waals surface area (Å²) in [4.78, 5) is 35.7. The summed E-state index contributed by atoms with van der Waals surface area (Å²) in [5.74, 6) is -1.92. The van der Waals surface area contributed by atoms with Crippen molar-refractivity contribution in [2.75, 3.05) is 10.6 Å². The Morgan fingerprint density at radius 2 is 1.72 bits per heavy atom. The Morgan fingerprint density at radius 3 is 2.34 bits per heavy atom. The molecule has 0 aliphatic carbocycles. The van der Waals surface area contributed by atoms with Crippen molar-refractivity contribution in [2.24, 2.45) is 0 Å². The zero-order chi connectivity index (χ0) is 21.6. The van der Waals surface area contributed by atoms with E-state index in [1.54, 1.807) is 49.4 Å². The van der Waals surface area contributed by atoms with Crippen LogP contribution >= 0.6 is 35.0 Å². The second kappa shape index (κ2) is 10.3. The second-order valence-corrected chi connectivity index (χ2v) is 8.28. The van der Waals surface area contributed by atoms with E-state index < -0.39 is 17.1 Å². The Morgan fingerprint density at radius 1 is 1.07 bits per heavy atom. The zero-order valence-corrected chi connectivity index (χ0v) is 17.9. The number of thioether (sulfide) groups is 1. The van der Waals surface area contributed by atoms with Gasteiger partial charge in [0, 0.05) is 27.3 Å². The maximum atomic E-state index is 12.4. The van der Waals surface area contributed by atoms with E-state index in [0.29, 0.717) is 21.4 Å². The lowest BCUT2D eigenvalue weighted by molar-refractivity contribution is -0.132. The highest BCUT2D eigenvalue weighted by molar-refractivity contribution is 8.00. The molecule has 0 aromatic heterocycles. The van der Waals surface area contributed by atoms with Gasteiger partial charge in [-0.15, -0.1) is 11.8 Å². The molecule has 1 atom stereocenters. The van der Waals surface area contributed by atoms with Crippen LogP contribution in [0.5, 0.6) is 0 Å². The van der Waals surface area contributed by atoms with E-state index in [9.17, 15) is 14.4 Å². The SMILES string of the molecule is C/C(=C/C(=O)Nc1ccc(S[C@H](C)C(=O)Nc2cc(Cl)ccc2Cl)cc1)C(=O)O. The van der Waals surface area contributed by atoms with Crippen LogP contribution in [0.3, 0.4) is 0 Å². The van der Waals surface area contributed by atoms with Crippen LogP contribution in [0.15, 0.2) is 59.0 Å². The van der Waals surface area contributed by atoms with E-state index in [2.05, 4.69) is 10.6 Å². The van der Waals surface area contributed by atoms with Gasteiger partial charge in [0.1, 0.15) is 0 Å². The van der Waals surface area contributed by atoms with Crippen LogP contribution in [-0.4, -0.2) is 28.1 Å². The lowest BCUT2D eigenvalue weighted by Gasteiger charge is -2.13. The molecule has 0 saturated carbocycles. The summed E-state index contributed by atoms with van der Waals surface area (Å²) in [6.07, 6.45) is 1.01. The lowest BCUT2D eigenvalue weighted by atomic mass is 10.2. The fourth-order valence-corrected chi connectivity index (χ4v) is 3.34. The maximum absolute atomic E-state index is 12.4. The number of anilines is 2. The third-order valence-corrected chi connectivity index (χ3v) is 5.35. The molecule has 2 amide bonds. The third kappa shape index (κ3) is 7.12. The number of hydrogen-bond acceptors (Lipinski definition) is 4. The number of carbonyl (C=O) groups is 3. The number of benzene rings is 2. The first-order valence-corrected chi connectivity index (χ1v) is 10.0. The molecule has 29 heavy (non-hydrogen) atoms. The predicted molar refractivity (Wildman–Crippen MR) is 117 cm³/mol. The zero-order valence-electron chi connectivity index (χ0n) is 15.5. The Bertz CT molecular complexity index is 961. The van der Waals surface area contributed by atoms with Crippen molar-refractivity contribution >= 4 is 64.1 Å². The highest BCUT2D eigenvalue weighted by atomic mass is 35.5. The summed E-state index contributed by atoms with van der Waals surface area (Å²) >= 11 is 13.3. The molecule has 0 fully saturated rings. The van der Waals surface area contributed by atoms with Gasteiger partial charge in [0.15, 0.2) is 0 Å². The number of amides is 2. The Kier molecular flexibility index (Phi) is 8.13. The lowest BCUT2D eigenvalue weighted by Crippen LogP contribution is -2.22. The van der Waals surface area contributed by atoms with E-state index in [-0.39, 0.29) is 11.5 Å². The number of carboxylic acids is 1. The monoisotopic (exact) mass is 452 g/mol. The molecule has 0 aliphatic heterocycles. The number of aliphatic carboxylic acids is 1. The van der Waals surface area contributed by atoms with Crippen LogP contribution in [0, 0.1) is 0 Å². The number of carboxylic acid groups (broad SMARTS) is 1. The molecule has 2 rings (SSSR count). The van der Waals surface area contributed by atoms with Crippen LogP contribution in [0.4, 0.5) is 11.4 Å². The molecule has 2 aromatic carbocycles. The van der Waals surface area contributed by atoms with E-state index in [4.69, 9.17) is 28.3 Å². The first-order chi connectivity index (χ1) is 13.7. The van der Waals surface area contributed by atoms with E-state index in [1.807, 2.05) is 0 Å². The summed E-state index contributed by atoms with van der Waals surface area (Å²) in [7, 11) is 0. The van der Waals surface area contributed by atoms with Crippen LogP contribution in [0.25, 0.3) is 0 Å². The van der Waals surface area contributed by atoms with Gasteiger partial charge in [0.2, 0.25) is 11.8 Å². The summed E-state index contributed by atoms with van der Waals surface area (Å²) in [5, 5.41) is 14.6. The van der Waals surface area contributed by atoms with Gasteiger partial charge in [-0.05, 0) is 56.3 Å². The van der Waals surface area contributed by atoms with Crippen LogP contribution in [0.2, 0.25) is 10.0 Å². The normalized spacial score (nSPS) is 12.2. The molecule has 9 heteroatoms. The second-order valence-electron chi connectivity index (χ2n) is 6.02. The number of rotatable bonds is 7. The molecule has 3 N–H and O–H groups in total. The predicted octanol–water partition coefficient (Wildman–Crippen LogP) is 5.08. The molecule has 0 saturated heterocycles. The Labute approximate surface area is 182 Å². The van der Waals surface area contributed by atoms with E-state index in [1.165, 1.54) is 18.7 Å². The smallest absolute Gasteiger partial charge is 0.331 e. The first-order valence-electron chi connectivity index (χ1n) is 8.41. The molecular formula is C20H18Cl2N2O4S. The minimum atomic E-state index is -1.15. The minimum Gasteiger partial charge on any atom is -0.478 e. The van der Waals surface area contributed by atoms with Gasteiger partial charge in [-0.25, -0.2) is 4.79 Å². The minimum absolute atomic E-state index is 0.0608. The van der Waals surface area contributed by atoms with Crippen molar-refractivity contribution in [1.82, 2.24) is 0 Å². The van der Waals surface area contributed by atoms with Crippen molar-refractivity contribution in [3.8, 4) is 0 Å². The molecule has 0 heterocycles. The van der Waals surface area contributed by atoms with Gasteiger partial charge in [0.25, 0.3) is 0 Å². The molecule has 0 bridgehead atoms. The van der Waals surface area contributed by atoms with Crippen LogP contribution in [-0.2, 0) is 14.4 Å². The topological polar surface area (TPSA) is 95.5 Å². The largest absolute Gasteiger partial charge is 0.478 e. The van der Waals surface area contributed by atoms with Gasteiger partial charge in [0.05, 0.1) is 16.0 Å². The van der Waals surface area contributed by atoms with Crippen molar-refractivity contribution in [2.45, 2.75) is 24.0 Å². The quantitative estimate of drug-likeness (QED) is 0.401. The molecule has 6 nitrogen and oxygen atoms in total. The van der Waals surface area contributed by atoms with E-state index in [0.717, 1.165) is 11.0 Å². The van der Waals surface area contributed by atoms with Crippen LogP contribution < -0.4 is 10.6 Å². The number of hydrogen-bond donors (Lipinski definition) is 3. The molecule has 0 radical (unpaired) electrons. The number of nitrogens with one attached hydrogen (secondary N) is 2. The highest BCUT2D eigenvalue weighted by Gasteiger charge is 2.16. The highest BCUT2D eigenvalue weighted by Crippen LogP contribution is 2.28. The van der Waals surface area contributed by atoms with Gasteiger partial charge in [-0.2, -0.15) is 0 Å². The maximum Gasteiger partial charge on any atom is 0.331 e. The van der Waals surface area contributed by atoms with Crippen molar-refractivity contribution in [1.29, 1.82) is 0 Å². The molecule has 0 spiro atoms.